The minimum absolute atomic E-state index is 0.132. The molecule has 1 aliphatic heterocycles. The lowest BCUT2D eigenvalue weighted by molar-refractivity contribution is 0.0390. The molecular weight excluding hydrogens is 348 g/mol. The average molecular weight is 377 g/mol. The number of aryl methyl sites for hydroxylation is 1. The highest BCUT2D eigenvalue weighted by molar-refractivity contribution is 6.04. The fourth-order valence-electron chi connectivity index (χ4n) is 4.65. The van der Waals surface area contributed by atoms with Gasteiger partial charge < -0.3 is 10.2 Å². The quantitative estimate of drug-likeness (QED) is 0.816. The molecule has 0 radical (unpaired) electrons. The Morgan fingerprint density at radius 3 is 2.25 bits per heavy atom. The molecule has 4 heteroatoms. The van der Waals surface area contributed by atoms with Crippen LogP contribution in [0.1, 0.15) is 64.8 Å². The molecule has 1 aliphatic carbocycles. The number of nitrogens with zero attached hydrogens (tertiary/aromatic N) is 1. The lowest BCUT2D eigenvalue weighted by atomic mass is 9.78. The Labute approximate surface area is 166 Å². The average Bonchev–Trinajstić information content (AvgIpc) is 2.74. The summed E-state index contributed by atoms with van der Waals surface area (Å²) >= 11 is 0. The Morgan fingerprint density at radius 2 is 1.50 bits per heavy atom. The van der Waals surface area contributed by atoms with Crippen LogP contribution in [0, 0.1) is 12.8 Å². The normalized spacial score (nSPS) is 21.7. The van der Waals surface area contributed by atoms with Crippen molar-refractivity contribution < 1.29 is 9.59 Å². The van der Waals surface area contributed by atoms with Crippen LogP contribution in [-0.2, 0) is 0 Å². The highest BCUT2D eigenvalue weighted by Crippen LogP contribution is 2.36. The van der Waals surface area contributed by atoms with Gasteiger partial charge in [-0.15, -0.1) is 0 Å². The molecule has 1 N–H and O–H groups in total. The largest absolute Gasteiger partial charge is 0.335 e. The molecular formula is C24H28N2O2. The van der Waals surface area contributed by atoms with E-state index in [1.807, 2.05) is 55.5 Å². The third-order valence-corrected chi connectivity index (χ3v) is 6.21. The van der Waals surface area contributed by atoms with E-state index >= 15 is 0 Å². The molecule has 0 unspecified atom stereocenters. The third-order valence-electron chi connectivity index (χ3n) is 6.21. The van der Waals surface area contributed by atoms with Crippen LogP contribution in [0.15, 0.2) is 48.5 Å². The van der Waals surface area contributed by atoms with E-state index in [0.717, 1.165) is 24.9 Å². The maximum atomic E-state index is 13.1. The first kappa shape index (κ1) is 18.7. The SMILES string of the molecule is Cc1ccc(C(=O)Nc2ccc(C(=O)N3CCC[C@H]4CCCC[C@@H]43)cc2)cc1. The van der Waals surface area contributed by atoms with Crippen molar-refractivity contribution in [1.82, 2.24) is 4.90 Å². The summed E-state index contributed by atoms with van der Waals surface area (Å²) in [6, 6.07) is 15.2. The van der Waals surface area contributed by atoms with E-state index < -0.39 is 0 Å². The van der Waals surface area contributed by atoms with Crippen LogP contribution in [0.3, 0.4) is 0 Å². The number of carbonyl (C=O) groups excluding carboxylic acids is 2. The van der Waals surface area contributed by atoms with Gasteiger partial charge in [0.15, 0.2) is 0 Å². The van der Waals surface area contributed by atoms with Crippen LogP contribution < -0.4 is 5.32 Å². The van der Waals surface area contributed by atoms with Crippen LogP contribution >= 0.6 is 0 Å². The second kappa shape index (κ2) is 8.17. The van der Waals surface area contributed by atoms with Crippen molar-refractivity contribution in [3.05, 3.63) is 65.2 Å². The molecule has 2 aliphatic rings. The van der Waals surface area contributed by atoms with E-state index in [4.69, 9.17) is 0 Å². The van der Waals surface area contributed by atoms with E-state index in [-0.39, 0.29) is 11.8 Å². The van der Waals surface area contributed by atoms with Crippen LogP contribution in [0.5, 0.6) is 0 Å². The predicted molar refractivity (Wildman–Crippen MR) is 112 cm³/mol. The monoisotopic (exact) mass is 376 g/mol. The van der Waals surface area contributed by atoms with E-state index in [1.165, 1.54) is 25.7 Å². The number of rotatable bonds is 3. The molecule has 1 heterocycles. The van der Waals surface area contributed by atoms with Gasteiger partial charge >= 0.3 is 0 Å². The molecule has 4 rings (SSSR count). The lowest BCUT2D eigenvalue weighted by Gasteiger charge is -2.44. The first-order valence-corrected chi connectivity index (χ1v) is 10.4. The van der Waals surface area contributed by atoms with Crippen LogP contribution in [0.4, 0.5) is 5.69 Å². The van der Waals surface area contributed by atoms with Crippen molar-refractivity contribution in [2.45, 2.75) is 51.5 Å². The number of fused-ring (bicyclic) bond motifs is 1. The molecule has 2 atom stereocenters. The number of likely N-dealkylation sites (tertiary alicyclic amines) is 1. The summed E-state index contributed by atoms with van der Waals surface area (Å²) in [5.74, 6) is 0.674. The van der Waals surface area contributed by atoms with Gasteiger partial charge in [0.1, 0.15) is 0 Å². The number of benzene rings is 2. The number of amides is 2. The predicted octanol–water partition coefficient (Wildman–Crippen LogP) is 5.04. The topological polar surface area (TPSA) is 49.4 Å². The van der Waals surface area contributed by atoms with Crippen molar-refractivity contribution in [2.24, 2.45) is 5.92 Å². The molecule has 2 aromatic carbocycles. The minimum atomic E-state index is -0.139. The maximum absolute atomic E-state index is 13.1. The van der Waals surface area contributed by atoms with Gasteiger partial charge in [0, 0.05) is 29.4 Å². The van der Waals surface area contributed by atoms with Crippen LogP contribution in [0.2, 0.25) is 0 Å². The molecule has 2 aromatic rings. The molecule has 1 saturated carbocycles. The number of hydrogen-bond acceptors (Lipinski definition) is 2. The Bertz CT molecular complexity index is 840. The van der Waals surface area contributed by atoms with Gasteiger partial charge in [-0.05, 0) is 74.9 Å². The maximum Gasteiger partial charge on any atom is 0.255 e. The van der Waals surface area contributed by atoms with Gasteiger partial charge in [-0.3, -0.25) is 9.59 Å². The van der Waals surface area contributed by atoms with Gasteiger partial charge in [0.25, 0.3) is 11.8 Å². The Kier molecular flexibility index (Phi) is 5.47. The van der Waals surface area contributed by atoms with Crippen molar-refractivity contribution in [3.8, 4) is 0 Å². The number of hydrogen-bond donors (Lipinski definition) is 1. The van der Waals surface area contributed by atoms with Gasteiger partial charge in [0.2, 0.25) is 0 Å². The second-order valence-corrected chi connectivity index (χ2v) is 8.15. The molecule has 4 nitrogen and oxygen atoms in total. The van der Waals surface area contributed by atoms with Crippen molar-refractivity contribution in [1.29, 1.82) is 0 Å². The van der Waals surface area contributed by atoms with Gasteiger partial charge in [-0.25, -0.2) is 0 Å². The molecule has 0 bridgehead atoms. The smallest absolute Gasteiger partial charge is 0.255 e. The zero-order chi connectivity index (χ0) is 19.5. The van der Waals surface area contributed by atoms with E-state index in [2.05, 4.69) is 10.2 Å². The molecule has 1 saturated heterocycles. The zero-order valence-corrected chi connectivity index (χ0v) is 16.5. The number of carbonyl (C=O) groups is 2. The summed E-state index contributed by atoms with van der Waals surface area (Å²) in [6.07, 6.45) is 7.31. The highest BCUT2D eigenvalue weighted by atomic mass is 16.2. The molecule has 146 valence electrons. The Balaban J connectivity index is 1.43. The first-order chi connectivity index (χ1) is 13.6. The molecule has 0 aromatic heterocycles. The standard InChI is InChI=1S/C24H28N2O2/c1-17-8-10-19(11-9-17)23(27)25-21-14-12-20(13-15-21)24(28)26-16-4-6-18-5-2-3-7-22(18)26/h8-15,18,22H,2-7,16H2,1H3,(H,25,27)/t18-,22+/m1/s1. The van der Waals surface area contributed by atoms with Crippen LogP contribution in [-0.4, -0.2) is 29.3 Å². The first-order valence-electron chi connectivity index (χ1n) is 10.4. The third kappa shape index (κ3) is 3.96. The molecule has 28 heavy (non-hydrogen) atoms. The number of anilines is 1. The fourth-order valence-corrected chi connectivity index (χ4v) is 4.65. The van der Waals surface area contributed by atoms with Crippen molar-refractivity contribution in [3.63, 3.8) is 0 Å². The van der Waals surface area contributed by atoms with Crippen molar-refractivity contribution >= 4 is 17.5 Å². The van der Waals surface area contributed by atoms with Gasteiger partial charge in [0.05, 0.1) is 0 Å². The lowest BCUT2D eigenvalue weighted by Crippen LogP contribution is -2.49. The van der Waals surface area contributed by atoms with Gasteiger partial charge in [-0.1, -0.05) is 30.5 Å². The molecule has 2 amide bonds. The zero-order valence-electron chi connectivity index (χ0n) is 16.5. The second-order valence-electron chi connectivity index (χ2n) is 8.15. The summed E-state index contributed by atoms with van der Waals surface area (Å²) in [5, 5.41) is 2.90. The van der Waals surface area contributed by atoms with E-state index in [1.54, 1.807) is 0 Å². The highest BCUT2D eigenvalue weighted by Gasteiger charge is 2.35. The molecule has 2 fully saturated rings. The summed E-state index contributed by atoms with van der Waals surface area (Å²) in [7, 11) is 0. The van der Waals surface area contributed by atoms with Gasteiger partial charge in [-0.2, -0.15) is 0 Å². The van der Waals surface area contributed by atoms with E-state index in [0.29, 0.717) is 28.8 Å². The summed E-state index contributed by atoms with van der Waals surface area (Å²) in [4.78, 5) is 27.5. The summed E-state index contributed by atoms with van der Waals surface area (Å²) < 4.78 is 0. The minimum Gasteiger partial charge on any atom is -0.335 e. The molecule has 0 spiro atoms. The fraction of sp³-hybridized carbons (Fsp3) is 0.417. The number of piperidine rings is 1. The van der Waals surface area contributed by atoms with Crippen molar-refractivity contribution in [2.75, 3.05) is 11.9 Å². The van der Waals surface area contributed by atoms with E-state index in [9.17, 15) is 9.59 Å². The number of nitrogens with one attached hydrogen (secondary N) is 1. The van der Waals surface area contributed by atoms with Crippen LogP contribution in [0.25, 0.3) is 0 Å². The Hall–Kier alpha value is -2.62. The summed E-state index contributed by atoms with van der Waals surface area (Å²) in [5.41, 5.74) is 3.16. The Morgan fingerprint density at radius 1 is 0.857 bits per heavy atom. The summed E-state index contributed by atoms with van der Waals surface area (Å²) in [6.45, 7) is 2.86.